The van der Waals surface area contributed by atoms with E-state index in [2.05, 4.69) is 32.0 Å². The maximum absolute atomic E-state index is 9.71. The van der Waals surface area contributed by atoms with Crippen LogP contribution >= 0.6 is 0 Å². The number of nitrogen functional groups attached to an aromatic ring is 1. The molecule has 0 radical (unpaired) electrons. The molecule has 1 aliphatic rings. The van der Waals surface area contributed by atoms with Gasteiger partial charge in [-0.25, -0.2) is 4.98 Å². The second-order valence-corrected chi connectivity index (χ2v) is 7.39. The van der Waals surface area contributed by atoms with Crippen LogP contribution in [0.2, 0.25) is 0 Å². The Morgan fingerprint density at radius 3 is 2.84 bits per heavy atom. The first-order valence-corrected chi connectivity index (χ1v) is 10.1. The molecule has 0 fully saturated rings. The number of nitriles is 1. The topological polar surface area (TPSA) is 129 Å². The fourth-order valence-electron chi connectivity index (χ4n) is 3.81. The number of fused-ring (bicyclic) bond motifs is 1. The van der Waals surface area contributed by atoms with Gasteiger partial charge < -0.3 is 15.6 Å². The van der Waals surface area contributed by atoms with Crippen LogP contribution in [0.15, 0.2) is 59.6 Å². The van der Waals surface area contributed by atoms with Gasteiger partial charge in [-0.2, -0.15) is 5.26 Å². The van der Waals surface area contributed by atoms with Gasteiger partial charge in [-0.15, -0.1) is 5.53 Å². The summed E-state index contributed by atoms with van der Waals surface area (Å²) in [6, 6.07) is 13.3. The molecule has 0 unspecified atom stereocenters. The Balaban J connectivity index is 1.67. The van der Waals surface area contributed by atoms with Gasteiger partial charge in [0, 0.05) is 36.1 Å². The number of aryl methyl sites for hydroxylation is 1. The quantitative estimate of drug-likeness (QED) is 0.412. The molecule has 3 aromatic heterocycles. The van der Waals surface area contributed by atoms with Crippen molar-refractivity contribution in [1.82, 2.24) is 20.5 Å². The highest BCUT2D eigenvalue weighted by Crippen LogP contribution is 2.45. The Labute approximate surface area is 184 Å². The number of nitrogens with zero attached hydrogens (tertiary/aromatic N) is 5. The van der Waals surface area contributed by atoms with E-state index in [1.807, 2.05) is 30.1 Å². The Hall–Kier alpha value is -4.42. The lowest BCUT2D eigenvalue weighted by molar-refractivity contribution is 0.571. The van der Waals surface area contributed by atoms with E-state index in [1.165, 1.54) is 6.39 Å². The summed E-state index contributed by atoms with van der Waals surface area (Å²) in [5, 5.41) is 11.7. The third kappa shape index (κ3) is 3.38. The van der Waals surface area contributed by atoms with Crippen LogP contribution in [-0.4, -0.2) is 21.5 Å². The number of hydrazine groups is 2. The van der Waals surface area contributed by atoms with E-state index in [4.69, 9.17) is 10.2 Å². The Morgan fingerprint density at radius 1 is 1.19 bits per heavy atom. The number of pyridine rings is 2. The number of nitrogens with one attached hydrogen (secondary N) is 2. The van der Waals surface area contributed by atoms with Crippen LogP contribution in [0.3, 0.4) is 0 Å². The molecule has 0 atom stereocenters. The summed E-state index contributed by atoms with van der Waals surface area (Å²) in [5.41, 5.74) is 18.8. The molecule has 0 aliphatic carbocycles. The molecule has 9 heteroatoms. The maximum Gasteiger partial charge on any atom is 0.181 e. The summed E-state index contributed by atoms with van der Waals surface area (Å²) in [5.74, 6) is 0.587. The van der Waals surface area contributed by atoms with Gasteiger partial charge in [0.1, 0.15) is 0 Å². The Kier molecular flexibility index (Phi) is 4.89. The first kappa shape index (κ1) is 19.5. The fourth-order valence-corrected chi connectivity index (χ4v) is 3.81. The molecular weight excluding hydrogens is 404 g/mol. The molecule has 0 saturated heterocycles. The van der Waals surface area contributed by atoms with Crippen LogP contribution in [0, 0.1) is 18.3 Å². The largest absolute Gasteiger partial charge is 0.443 e. The molecule has 5 rings (SSSR count). The van der Waals surface area contributed by atoms with Crippen LogP contribution in [0.4, 0.5) is 17.1 Å². The van der Waals surface area contributed by atoms with Gasteiger partial charge >= 0.3 is 0 Å². The van der Waals surface area contributed by atoms with Crippen LogP contribution in [0.1, 0.15) is 17.0 Å². The molecule has 0 amide bonds. The highest BCUT2D eigenvalue weighted by molar-refractivity contribution is 5.97. The van der Waals surface area contributed by atoms with Crippen LogP contribution < -0.4 is 21.7 Å². The number of rotatable bonds is 5. The van der Waals surface area contributed by atoms with Gasteiger partial charge in [0.05, 0.1) is 46.2 Å². The van der Waals surface area contributed by atoms with Crippen molar-refractivity contribution in [2.45, 2.75) is 13.3 Å². The number of benzene rings is 1. The first-order valence-electron chi connectivity index (χ1n) is 10.1. The molecule has 9 nitrogen and oxygen atoms in total. The lowest BCUT2D eigenvalue weighted by Gasteiger charge is -2.21. The normalized spacial score (nSPS) is 12.3. The summed E-state index contributed by atoms with van der Waals surface area (Å²) in [4.78, 5) is 13.4. The van der Waals surface area contributed by atoms with Crippen molar-refractivity contribution in [3.63, 3.8) is 0 Å². The number of oxazole rings is 1. The van der Waals surface area contributed by atoms with E-state index >= 15 is 0 Å². The first-order chi connectivity index (χ1) is 15.7. The van der Waals surface area contributed by atoms with Gasteiger partial charge in [0.2, 0.25) is 0 Å². The molecule has 158 valence electrons. The van der Waals surface area contributed by atoms with Crippen molar-refractivity contribution >= 4 is 17.1 Å². The molecule has 4 heterocycles. The van der Waals surface area contributed by atoms with Gasteiger partial charge in [-0.05, 0) is 37.3 Å². The van der Waals surface area contributed by atoms with Crippen LogP contribution in [-0.2, 0) is 6.42 Å². The van der Waals surface area contributed by atoms with Crippen LogP contribution in [0.25, 0.3) is 22.6 Å². The minimum absolute atomic E-state index is 0.476. The van der Waals surface area contributed by atoms with E-state index in [-0.39, 0.29) is 0 Å². The molecule has 1 aromatic carbocycles. The summed E-state index contributed by atoms with van der Waals surface area (Å²) in [6.07, 6.45) is 5.65. The van der Waals surface area contributed by atoms with Crippen molar-refractivity contribution < 1.29 is 4.42 Å². The summed E-state index contributed by atoms with van der Waals surface area (Å²) in [6.45, 7) is 2.52. The van der Waals surface area contributed by atoms with E-state index in [9.17, 15) is 5.26 Å². The summed E-state index contributed by atoms with van der Waals surface area (Å²) < 4.78 is 5.79. The SMILES string of the molecule is Cc1ncoc1-c1c(-c2cc(N)ccc2C#N)ncc2c1N(CCc1ccccn1)NN2. The number of nitrogens with two attached hydrogens (primary N) is 1. The highest BCUT2D eigenvalue weighted by atomic mass is 16.3. The molecule has 0 saturated carbocycles. The second-order valence-electron chi connectivity index (χ2n) is 7.39. The summed E-state index contributed by atoms with van der Waals surface area (Å²) >= 11 is 0. The monoisotopic (exact) mass is 424 g/mol. The lowest BCUT2D eigenvalue weighted by Crippen LogP contribution is -2.37. The number of aromatic nitrogens is 3. The zero-order chi connectivity index (χ0) is 22.1. The predicted octanol–water partition coefficient (Wildman–Crippen LogP) is 3.46. The van der Waals surface area contributed by atoms with E-state index < -0.39 is 0 Å². The zero-order valence-electron chi connectivity index (χ0n) is 17.3. The average Bonchev–Trinajstić information content (AvgIpc) is 3.43. The molecule has 4 aromatic rings. The van der Waals surface area contributed by atoms with Crippen molar-refractivity contribution in [2.75, 3.05) is 22.7 Å². The molecule has 1 aliphatic heterocycles. The van der Waals surface area contributed by atoms with Gasteiger partial charge in [0.25, 0.3) is 0 Å². The van der Waals surface area contributed by atoms with Crippen molar-refractivity contribution in [3.05, 3.63) is 72.1 Å². The molecule has 32 heavy (non-hydrogen) atoms. The third-order valence-corrected chi connectivity index (χ3v) is 5.36. The second kappa shape index (κ2) is 8.02. The van der Waals surface area contributed by atoms with Crippen molar-refractivity contribution in [1.29, 1.82) is 5.26 Å². The minimum atomic E-state index is 0.476. The molecule has 0 spiro atoms. The van der Waals surface area contributed by atoms with Gasteiger partial charge in [0.15, 0.2) is 12.2 Å². The van der Waals surface area contributed by atoms with Gasteiger partial charge in [-0.3, -0.25) is 15.0 Å². The van der Waals surface area contributed by atoms with Gasteiger partial charge in [-0.1, -0.05) is 6.07 Å². The Bertz CT molecular complexity index is 1330. The lowest BCUT2D eigenvalue weighted by atomic mass is 9.96. The van der Waals surface area contributed by atoms with E-state index in [0.717, 1.165) is 34.7 Å². The average molecular weight is 424 g/mol. The maximum atomic E-state index is 9.71. The van der Waals surface area contributed by atoms with Crippen LogP contribution in [0.5, 0.6) is 0 Å². The predicted molar refractivity (Wildman–Crippen MR) is 121 cm³/mol. The molecule has 0 bridgehead atoms. The smallest absolute Gasteiger partial charge is 0.181 e. The van der Waals surface area contributed by atoms with E-state index in [1.54, 1.807) is 30.6 Å². The van der Waals surface area contributed by atoms with Crippen molar-refractivity contribution in [3.8, 4) is 28.7 Å². The molecular formula is C23H20N8O. The number of hydrogen-bond acceptors (Lipinski definition) is 9. The minimum Gasteiger partial charge on any atom is -0.443 e. The molecule has 4 N–H and O–H groups in total. The highest BCUT2D eigenvalue weighted by Gasteiger charge is 2.30. The Morgan fingerprint density at radius 2 is 2.09 bits per heavy atom. The number of hydrogen-bond donors (Lipinski definition) is 3. The number of anilines is 3. The van der Waals surface area contributed by atoms with Crippen molar-refractivity contribution in [2.24, 2.45) is 0 Å². The van der Waals surface area contributed by atoms with E-state index in [0.29, 0.717) is 34.8 Å². The zero-order valence-corrected chi connectivity index (χ0v) is 17.3. The fraction of sp³-hybridized carbons (Fsp3) is 0.130. The third-order valence-electron chi connectivity index (χ3n) is 5.36. The standard InChI is InChI=1S/C23H20N8O/c1-14-23(32-13-28-14)20-21(18-10-16(25)6-5-15(18)11-24)27-12-19-22(20)31(30-29-19)9-7-17-4-2-3-8-26-17/h2-6,8,10,12-13,29-30H,7,9,25H2,1H3. The summed E-state index contributed by atoms with van der Waals surface area (Å²) in [7, 11) is 0.